The summed E-state index contributed by atoms with van der Waals surface area (Å²) in [5, 5.41) is 7.48. The number of thiazole rings is 1. The van der Waals surface area contributed by atoms with Crippen molar-refractivity contribution in [2.75, 3.05) is 12.0 Å². The number of hydrazone groups is 1. The summed E-state index contributed by atoms with van der Waals surface area (Å²) in [5.74, 6) is -0.302. The first-order valence-corrected chi connectivity index (χ1v) is 8.96. The van der Waals surface area contributed by atoms with Gasteiger partial charge in [-0.1, -0.05) is 23.2 Å². The van der Waals surface area contributed by atoms with Crippen LogP contribution in [0.3, 0.4) is 0 Å². The number of anilines is 1. The summed E-state index contributed by atoms with van der Waals surface area (Å²) in [4.78, 5) is 15.6. The molecule has 0 saturated heterocycles. The van der Waals surface area contributed by atoms with Gasteiger partial charge in [0.1, 0.15) is 0 Å². The topological polar surface area (TPSA) is 63.6 Å². The molecule has 0 bridgehead atoms. The van der Waals surface area contributed by atoms with Crippen molar-refractivity contribution in [1.29, 1.82) is 0 Å². The fourth-order valence-electron chi connectivity index (χ4n) is 1.59. The molecule has 2 aromatic rings. The summed E-state index contributed by atoms with van der Waals surface area (Å²) < 4.78 is 5.59. The quantitative estimate of drug-likeness (QED) is 0.306. The second-order valence-electron chi connectivity index (χ2n) is 4.28. The molecule has 1 heterocycles. The van der Waals surface area contributed by atoms with Crippen LogP contribution in [0.4, 0.5) is 5.13 Å². The molecule has 1 N–H and O–H groups in total. The van der Waals surface area contributed by atoms with Gasteiger partial charge in [-0.3, -0.25) is 10.2 Å². The zero-order valence-electron chi connectivity index (χ0n) is 12.0. The highest BCUT2D eigenvalue weighted by Crippen LogP contribution is 2.28. The van der Waals surface area contributed by atoms with E-state index in [4.69, 9.17) is 27.9 Å². The largest absolute Gasteiger partial charge is 0.466 e. The van der Waals surface area contributed by atoms with E-state index in [-0.39, 0.29) is 12.4 Å². The van der Waals surface area contributed by atoms with Crippen LogP contribution in [0.1, 0.15) is 18.2 Å². The summed E-state index contributed by atoms with van der Waals surface area (Å²) in [5.41, 5.74) is 4.10. The van der Waals surface area contributed by atoms with Gasteiger partial charge in [-0.15, -0.1) is 11.3 Å². The van der Waals surface area contributed by atoms with Gasteiger partial charge in [0.25, 0.3) is 0 Å². The summed E-state index contributed by atoms with van der Waals surface area (Å²) >= 11 is 16.8. The van der Waals surface area contributed by atoms with Gasteiger partial charge in [0.2, 0.25) is 5.13 Å². The summed E-state index contributed by atoms with van der Waals surface area (Å²) in [7, 11) is 0. The average molecular weight is 437 g/mol. The van der Waals surface area contributed by atoms with E-state index < -0.39 is 0 Å². The number of ether oxygens (including phenoxy) is 1. The lowest BCUT2D eigenvalue weighted by molar-refractivity contribution is -0.142. The second kappa shape index (κ2) is 8.63. The van der Waals surface area contributed by atoms with Crippen LogP contribution >= 0.6 is 50.5 Å². The first-order chi connectivity index (χ1) is 11.0. The number of halogens is 3. The SMILES string of the molecule is CCOC(=O)Cc1csc(NN=Cc2cc(Cl)c(Br)cc2Cl)n1. The number of hydrogen-bond donors (Lipinski definition) is 1. The molecule has 0 amide bonds. The van der Waals surface area contributed by atoms with Gasteiger partial charge in [0, 0.05) is 15.4 Å². The molecule has 0 radical (unpaired) electrons. The first kappa shape index (κ1) is 18.2. The molecule has 0 saturated carbocycles. The molecule has 0 aliphatic carbocycles. The number of esters is 1. The minimum atomic E-state index is -0.302. The summed E-state index contributed by atoms with van der Waals surface area (Å²) in [6.45, 7) is 2.12. The van der Waals surface area contributed by atoms with Gasteiger partial charge in [-0.25, -0.2) is 4.98 Å². The molecule has 5 nitrogen and oxygen atoms in total. The Morgan fingerprint density at radius 2 is 2.26 bits per heavy atom. The predicted octanol–water partition coefficient (Wildman–Crippen LogP) is 4.76. The smallest absolute Gasteiger partial charge is 0.311 e. The van der Waals surface area contributed by atoms with Gasteiger partial charge in [0.05, 0.1) is 35.0 Å². The zero-order chi connectivity index (χ0) is 16.8. The minimum Gasteiger partial charge on any atom is -0.466 e. The number of benzene rings is 1. The van der Waals surface area contributed by atoms with Crippen LogP contribution in [0.2, 0.25) is 10.0 Å². The van der Waals surface area contributed by atoms with Crippen molar-refractivity contribution in [1.82, 2.24) is 4.98 Å². The fraction of sp³-hybridized carbons (Fsp3) is 0.214. The molecule has 122 valence electrons. The number of carbonyl (C=O) groups is 1. The van der Waals surface area contributed by atoms with Crippen LogP contribution in [0, 0.1) is 0 Å². The van der Waals surface area contributed by atoms with Gasteiger partial charge in [-0.05, 0) is 35.0 Å². The number of nitrogens with one attached hydrogen (secondary N) is 1. The van der Waals surface area contributed by atoms with Gasteiger partial charge >= 0.3 is 5.97 Å². The Morgan fingerprint density at radius 3 is 3.00 bits per heavy atom. The predicted molar refractivity (Wildman–Crippen MR) is 97.8 cm³/mol. The van der Waals surface area contributed by atoms with E-state index >= 15 is 0 Å². The summed E-state index contributed by atoms with van der Waals surface area (Å²) in [6, 6.07) is 3.40. The van der Waals surface area contributed by atoms with Crippen LogP contribution in [0.5, 0.6) is 0 Å². The molecular weight excluding hydrogens is 425 g/mol. The van der Waals surface area contributed by atoms with Crippen LogP contribution in [-0.2, 0) is 16.0 Å². The maximum Gasteiger partial charge on any atom is 0.311 e. The van der Waals surface area contributed by atoms with E-state index in [2.05, 4.69) is 31.4 Å². The molecule has 1 aromatic heterocycles. The number of carbonyl (C=O) groups excluding carboxylic acids is 1. The van der Waals surface area contributed by atoms with E-state index in [1.165, 1.54) is 11.3 Å². The third-order valence-electron chi connectivity index (χ3n) is 2.59. The standard InChI is InChI=1S/C14H12BrCl2N3O2S/c1-2-22-13(21)4-9-7-23-14(19-9)20-18-6-8-3-12(17)10(15)5-11(8)16/h3,5-7H,2,4H2,1H3,(H,19,20). The number of nitrogens with zero attached hydrogens (tertiary/aromatic N) is 2. The van der Waals surface area contributed by atoms with Crippen molar-refractivity contribution in [3.8, 4) is 0 Å². The lowest BCUT2D eigenvalue weighted by Gasteiger charge is -2.01. The van der Waals surface area contributed by atoms with Crippen molar-refractivity contribution in [2.24, 2.45) is 5.10 Å². The molecule has 0 fully saturated rings. The lowest BCUT2D eigenvalue weighted by Crippen LogP contribution is -2.07. The average Bonchev–Trinajstić information content (AvgIpc) is 2.92. The number of rotatable bonds is 6. The first-order valence-electron chi connectivity index (χ1n) is 6.53. The van der Waals surface area contributed by atoms with Crippen LogP contribution in [-0.4, -0.2) is 23.8 Å². The Morgan fingerprint density at radius 1 is 1.48 bits per heavy atom. The van der Waals surface area contributed by atoms with E-state index in [9.17, 15) is 4.79 Å². The molecular formula is C14H12BrCl2N3O2S. The highest BCUT2D eigenvalue weighted by atomic mass is 79.9. The normalized spacial score (nSPS) is 11.0. The van der Waals surface area contributed by atoms with E-state index in [1.54, 1.807) is 30.7 Å². The van der Waals surface area contributed by atoms with Crippen LogP contribution < -0.4 is 5.43 Å². The second-order valence-corrected chi connectivity index (χ2v) is 6.81. The zero-order valence-corrected chi connectivity index (χ0v) is 15.9. The molecule has 0 atom stereocenters. The van der Waals surface area contributed by atoms with Crippen molar-refractivity contribution >= 4 is 67.8 Å². The van der Waals surface area contributed by atoms with Crippen LogP contribution in [0.15, 0.2) is 27.1 Å². The Bertz CT molecular complexity index is 737. The highest BCUT2D eigenvalue weighted by molar-refractivity contribution is 9.10. The Labute approximate surface area is 155 Å². The molecule has 0 aliphatic heterocycles. The maximum atomic E-state index is 11.4. The lowest BCUT2D eigenvalue weighted by atomic mass is 10.2. The monoisotopic (exact) mass is 435 g/mol. The van der Waals surface area contributed by atoms with E-state index in [0.29, 0.717) is 33.0 Å². The van der Waals surface area contributed by atoms with Crippen molar-refractivity contribution < 1.29 is 9.53 Å². The molecule has 1 aromatic carbocycles. The molecule has 0 spiro atoms. The molecule has 0 aliphatic rings. The van der Waals surface area contributed by atoms with Crippen molar-refractivity contribution in [3.05, 3.63) is 43.3 Å². The van der Waals surface area contributed by atoms with E-state index in [1.807, 2.05) is 0 Å². The van der Waals surface area contributed by atoms with Crippen LogP contribution in [0.25, 0.3) is 0 Å². The maximum absolute atomic E-state index is 11.4. The number of aromatic nitrogens is 1. The van der Waals surface area contributed by atoms with Gasteiger partial charge in [0.15, 0.2) is 0 Å². The molecule has 2 rings (SSSR count). The van der Waals surface area contributed by atoms with Gasteiger partial charge < -0.3 is 4.74 Å². The van der Waals surface area contributed by atoms with E-state index in [0.717, 1.165) is 4.47 Å². The Balaban J connectivity index is 1.97. The molecule has 9 heteroatoms. The van der Waals surface area contributed by atoms with Crippen molar-refractivity contribution in [2.45, 2.75) is 13.3 Å². The number of hydrogen-bond acceptors (Lipinski definition) is 6. The summed E-state index contributed by atoms with van der Waals surface area (Å²) in [6.07, 6.45) is 1.69. The fourth-order valence-corrected chi connectivity index (χ4v) is 3.11. The Kier molecular flexibility index (Phi) is 6.83. The molecule has 0 unspecified atom stereocenters. The Hall–Kier alpha value is -1.15. The third-order valence-corrected chi connectivity index (χ3v) is 4.91. The van der Waals surface area contributed by atoms with Crippen molar-refractivity contribution in [3.63, 3.8) is 0 Å². The van der Waals surface area contributed by atoms with Gasteiger partial charge in [-0.2, -0.15) is 5.10 Å². The molecule has 23 heavy (non-hydrogen) atoms. The minimum absolute atomic E-state index is 0.143. The third kappa shape index (κ3) is 5.46. The highest BCUT2D eigenvalue weighted by Gasteiger charge is 2.08.